The highest BCUT2D eigenvalue weighted by molar-refractivity contribution is 14.1. The van der Waals surface area contributed by atoms with E-state index in [1.807, 2.05) is 18.2 Å². The van der Waals surface area contributed by atoms with Crippen molar-refractivity contribution >= 4 is 50.3 Å². The van der Waals surface area contributed by atoms with E-state index in [2.05, 4.69) is 70.5 Å². The Morgan fingerprint density at radius 1 is 1.16 bits per heavy atom. The van der Waals surface area contributed by atoms with Crippen LogP contribution in [-0.2, 0) is 6.54 Å². The van der Waals surface area contributed by atoms with Gasteiger partial charge in [-0.15, -0.1) is 0 Å². The molecule has 0 saturated carbocycles. The summed E-state index contributed by atoms with van der Waals surface area (Å²) >= 11 is 2.33. The lowest BCUT2D eigenvalue weighted by Gasteiger charge is -2.09. The minimum Gasteiger partial charge on any atom is -0.366 e. The molecule has 0 aliphatic heterocycles. The number of hydrogen-bond acceptors (Lipinski definition) is 1. The summed E-state index contributed by atoms with van der Waals surface area (Å²) in [6, 6.07) is 21.6. The van der Waals surface area contributed by atoms with Crippen molar-refractivity contribution in [3.8, 4) is 0 Å². The molecule has 0 spiro atoms. The third-order valence-corrected chi connectivity index (χ3v) is 5.10. The van der Waals surface area contributed by atoms with Crippen LogP contribution in [0.5, 0.6) is 0 Å². The first-order valence-corrected chi connectivity index (χ1v) is 9.10. The summed E-state index contributed by atoms with van der Waals surface area (Å²) in [6.45, 7) is 2.79. The third-order valence-electron chi connectivity index (χ3n) is 4.43. The highest BCUT2D eigenvalue weighted by Crippen LogP contribution is 2.32. The predicted molar refractivity (Wildman–Crippen MR) is 110 cm³/mol. The minimum atomic E-state index is -0.409. The van der Waals surface area contributed by atoms with Crippen molar-refractivity contribution in [2.24, 2.45) is 5.73 Å². The lowest BCUT2D eigenvalue weighted by Crippen LogP contribution is -2.11. The van der Waals surface area contributed by atoms with Gasteiger partial charge in [0.1, 0.15) is 0 Å². The third kappa shape index (κ3) is 2.80. The Balaban J connectivity index is 2.06. The Bertz CT molecular complexity index is 1130. The van der Waals surface area contributed by atoms with Gasteiger partial charge in [0, 0.05) is 26.5 Å². The van der Waals surface area contributed by atoms with Crippen LogP contribution in [0, 0.1) is 16.6 Å². The van der Waals surface area contributed by atoms with Gasteiger partial charge in [-0.3, -0.25) is 4.79 Å². The fourth-order valence-electron chi connectivity index (χ4n) is 3.35. The SMILES string of the molecule is Cc1c[c]c2c3c(C(N)=O)cccc3n(Cc3cccc(I)c3)c2c1. The Kier molecular flexibility index (Phi) is 4.00. The summed E-state index contributed by atoms with van der Waals surface area (Å²) in [6.07, 6.45) is 0. The number of rotatable bonds is 3. The smallest absolute Gasteiger partial charge is 0.249 e. The molecule has 3 nitrogen and oxygen atoms in total. The van der Waals surface area contributed by atoms with Gasteiger partial charge in [-0.1, -0.05) is 24.3 Å². The molecular formula is C21H16IN2O. The summed E-state index contributed by atoms with van der Waals surface area (Å²) in [4.78, 5) is 11.9. The molecule has 0 saturated heterocycles. The monoisotopic (exact) mass is 439 g/mol. The lowest BCUT2D eigenvalue weighted by atomic mass is 10.1. The maximum atomic E-state index is 11.9. The van der Waals surface area contributed by atoms with E-state index in [0.717, 1.165) is 33.9 Å². The molecule has 123 valence electrons. The molecule has 1 aromatic heterocycles. The van der Waals surface area contributed by atoms with Crippen molar-refractivity contribution in [3.63, 3.8) is 0 Å². The van der Waals surface area contributed by atoms with E-state index in [-0.39, 0.29) is 0 Å². The van der Waals surface area contributed by atoms with Crippen LogP contribution in [0.25, 0.3) is 21.8 Å². The van der Waals surface area contributed by atoms with Gasteiger partial charge in [-0.2, -0.15) is 0 Å². The molecule has 1 amide bonds. The molecule has 0 fully saturated rings. The molecule has 4 aromatic rings. The van der Waals surface area contributed by atoms with Crippen molar-refractivity contribution in [1.82, 2.24) is 4.57 Å². The zero-order valence-corrected chi connectivity index (χ0v) is 15.9. The van der Waals surface area contributed by atoms with E-state index in [9.17, 15) is 4.79 Å². The molecule has 0 aliphatic rings. The summed E-state index contributed by atoms with van der Waals surface area (Å²) < 4.78 is 3.45. The van der Waals surface area contributed by atoms with Crippen LogP contribution in [0.1, 0.15) is 21.5 Å². The number of primary amides is 1. The zero-order valence-electron chi connectivity index (χ0n) is 13.7. The second-order valence-electron chi connectivity index (χ2n) is 6.22. The number of amides is 1. The number of fused-ring (bicyclic) bond motifs is 3. The van der Waals surface area contributed by atoms with Crippen molar-refractivity contribution in [2.45, 2.75) is 13.5 Å². The fraction of sp³-hybridized carbons (Fsp3) is 0.0952. The topological polar surface area (TPSA) is 48.0 Å². The quantitative estimate of drug-likeness (QED) is 0.464. The zero-order chi connectivity index (χ0) is 17.6. The predicted octanol–water partition coefficient (Wildman–Crippen LogP) is 4.65. The van der Waals surface area contributed by atoms with Gasteiger partial charge in [0.15, 0.2) is 0 Å². The van der Waals surface area contributed by atoms with E-state index >= 15 is 0 Å². The van der Waals surface area contributed by atoms with Gasteiger partial charge < -0.3 is 10.3 Å². The molecule has 4 rings (SSSR count). The van der Waals surface area contributed by atoms with E-state index in [4.69, 9.17) is 5.73 Å². The van der Waals surface area contributed by atoms with Crippen LogP contribution in [0.3, 0.4) is 0 Å². The molecule has 4 heteroatoms. The molecule has 0 unspecified atom stereocenters. The number of aryl methyl sites for hydroxylation is 1. The molecule has 0 bridgehead atoms. The molecule has 1 radical (unpaired) electrons. The first-order valence-electron chi connectivity index (χ1n) is 8.02. The molecular weight excluding hydrogens is 423 g/mol. The fourth-order valence-corrected chi connectivity index (χ4v) is 3.96. The second kappa shape index (κ2) is 6.19. The van der Waals surface area contributed by atoms with Crippen LogP contribution in [0.15, 0.2) is 54.6 Å². The van der Waals surface area contributed by atoms with Crippen LogP contribution < -0.4 is 5.73 Å². The number of benzene rings is 3. The van der Waals surface area contributed by atoms with Crippen LogP contribution in [0.2, 0.25) is 0 Å². The molecule has 25 heavy (non-hydrogen) atoms. The van der Waals surface area contributed by atoms with Crippen molar-refractivity contribution < 1.29 is 4.79 Å². The minimum absolute atomic E-state index is 0.409. The van der Waals surface area contributed by atoms with Gasteiger partial charge in [-0.25, -0.2) is 0 Å². The van der Waals surface area contributed by atoms with Gasteiger partial charge in [0.2, 0.25) is 5.91 Å². The van der Waals surface area contributed by atoms with Crippen LogP contribution >= 0.6 is 22.6 Å². The van der Waals surface area contributed by atoms with E-state index in [0.29, 0.717) is 5.56 Å². The number of carbonyl (C=O) groups is 1. The highest BCUT2D eigenvalue weighted by Gasteiger charge is 2.16. The highest BCUT2D eigenvalue weighted by atomic mass is 127. The summed E-state index contributed by atoms with van der Waals surface area (Å²) in [7, 11) is 0. The Hall–Kier alpha value is -2.34. The van der Waals surface area contributed by atoms with Gasteiger partial charge >= 0.3 is 0 Å². The second-order valence-corrected chi connectivity index (χ2v) is 7.46. The molecule has 0 atom stereocenters. The average molecular weight is 439 g/mol. The van der Waals surface area contributed by atoms with Gasteiger partial charge in [0.05, 0.1) is 11.0 Å². The van der Waals surface area contributed by atoms with Crippen molar-refractivity contribution in [1.29, 1.82) is 0 Å². The molecule has 3 aromatic carbocycles. The first kappa shape index (κ1) is 16.1. The molecule has 1 heterocycles. The molecule has 2 N–H and O–H groups in total. The summed E-state index contributed by atoms with van der Waals surface area (Å²) in [5.74, 6) is -0.409. The first-order chi connectivity index (χ1) is 12.0. The standard InChI is InChI=1S/C21H16IN2O/c1-13-8-9-16-19(10-13)24(12-14-4-2-5-15(22)11-14)18-7-3-6-17(20(16)18)21(23)25/h2-8,10-11H,12H2,1H3,(H2,23,25). The number of nitrogens with two attached hydrogens (primary N) is 1. The number of halogens is 1. The van der Waals surface area contributed by atoms with Crippen molar-refractivity contribution in [2.75, 3.05) is 0 Å². The average Bonchev–Trinajstić information content (AvgIpc) is 2.88. The maximum Gasteiger partial charge on any atom is 0.249 e. The van der Waals surface area contributed by atoms with Crippen LogP contribution in [0.4, 0.5) is 0 Å². The van der Waals surface area contributed by atoms with E-state index in [1.54, 1.807) is 6.07 Å². The number of hydrogen-bond donors (Lipinski definition) is 1. The van der Waals surface area contributed by atoms with Crippen molar-refractivity contribution in [3.05, 3.63) is 80.9 Å². The molecule has 0 aliphatic carbocycles. The van der Waals surface area contributed by atoms with Gasteiger partial charge in [-0.05, 0) is 77.0 Å². The largest absolute Gasteiger partial charge is 0.366 e. The Morgan fingerprint density at radius 2 is 1.96 bits per heavy atom. The number of nitrogens with zero attached hydrogens (tertiary/aromatic N) is 1. The van der Waals surface area contributed by atoms with E-state index < -0.39 is 5.91 Å². The number of carbonyl (C=O) groups excluding carboxylic acids is 1. The van der Waals surface area contributed by atoms with Crippen LogP contribution in [-0.4, -0.2) is 10.5 Å². The number of aromatic nitrogens is 1. The Morgan fingerprint density at radius 3 is 2.72 bits per heavy atom. The van der Waals surface area contributed by atoms with Gasteiger partial charge in [0.25, 0.3) is 0 Å². The normalized spacial score (nSPS) is 11.3. The van der Waals surface area contributed by atoms with E-state index in [1.165, 1.54) is 9.13 Å². The summed E-state index contributed by atoms with van der Waals surface area (Å²) in [5.41, 5.74) is 10.6. The summed E-state index contributed by atoms with van der Waals surface area (Å²) in [5, 5.41) is 1.83. The lowest BCUT2D eigenvalue weighted by molar-refractivity contribution is 0.100. The maximum absolute atomic E-state index is 11.9. The Labute approximate surface area is 159 Å².